The molecule has 0 aliphatic carbocycles. The SMILES string of the molecule is CNCc1cc(CN2CCC(N3CCCC3)C2)c(C)s1. The first kappa shape index (κ1) is 14.5. The summed E-state index contributed by atoms with van der Waals surface area (Å²) in [5, 5.41) is 3.25. The summed E-state index contributed by atoms with van der Waals surface area (Å²) >= 11 is 1.95. The summed E-state index contributed by atoms with van der Waals surface area (Å²) in [6.07, 6.45) is 4.19. The third kappa shape index (κ3) is 3.25. The summed E-state index contributed by atoms with van der Waals surface area (Å²) in [5.41, 5.74) is 1.54. The Morgan fingerprint density at radius 3 is 2.85 bits per heavy atom. The maximum atomic E-state index is 3.25. The highest BCUT2D eigenvalue weighted by atomic mass is 32.1. The van der Waals surface area contributed by atoms with Crippen LogP contribution in [0.1, 0.15) is 34.6 Å². The van der Waals surface area contributed by atoms with Crippen LogP contribution >= 0.6 is 11.3 Å². The van der Waals surface area contributed by atoms with Gasteiger partial charge in [0.25, 0.3) is 0 Å². The van der Waals surface area contributed by atoms with Gasteiger partial charge in [-0.05, 0) is 58.0 Å². The molecule has 1 aromatic heterocycles. The van der Waals surface area contributed by atoms with E-state index in [0.29, 0.717) is 0 Å². The van der Waals surface area contributed by atoms with Crippen molar-refractivity contribution in [1.82, 2.24) is 15.1 Å². The molecule has 20 heavy (non-hydrogen) atoms. The summed E-state index contributed by atoms with van der Waals surface area (Å²) in [5.74, 6) is 0. The lowest BCUT2D eigenvalue weighted by Crippen LogP contribution is -2.35. The molecule has 0 radical (unpaired) electrons. The van der Waals surface area contributed by atoms with Gasteiger partial charge in [0.2, 0.25) is 0 Å². The molecule has 0 amide bonds. The number of rotatable bonds is 5. The number of hydrogen-bond donors (Lipinski definition) is 1. The average Bonchev–Trinajstić information content (AvgIpc) is 3.13. The molecule has 112 valence electrons. The molecule has 0 spiro atoms. The molecule has 1 atom stereocenters. The van der Waals surface area contributed by atoms with Gasteiger partial charge in [-0.1, -0.05) is 0 Å². The van der Waals surface area contributed by atoms with Crippen molar-refractivity contribution in [2.24, 2.45) is 0 Å². The molecule has 1 aromatic rings. The van der Waals surface area contributed by atoms with E-state index in [1.165, 1.54) is 55.2 Å². The topological polar surface area (TPSA) is 18.5 Å². The van der Waals surface area contributed by atoms with E-state index in [-0.39, 0.29) is 0 Å². The first-order chi connectivity index (χ1) is 9.76. The summed E-state index contributed by atoms with van der Waals surface area (Å²) in [6.45, 7) is 9.64. The van der Waals surface area contributed by atoms with Gasteiger partial charge in [0.05, 0.1) is 0 Å². The van der Waals surface area contributed by atoms with Gasteiger partial charge >= 0.3 is 0 Å². The summed E-state index contributed by atoms with van der Waals surface area (Å²) in [4.78, 5) is 8.34. The predicted octanol–water partition coefficient (Wildman–Crippen LogP) is 2.45. The van der Waals surface area contributed by atoms with E-state index in [2.05, 4.69) is 28.1 Å². The van der Waals surface area contributed by atoms with Gasteiger partial charge in [-0.15, -0.1) is 11.3 Å². The molecule has 2 fully saturated rings. The lowest BCUT2D eigenvalue weighted by molar-refractivity contribution is 0.230. The molecule has 0 saturated carbocycles. The average molecular weight is 293 g/mol. The molecule has 3 heterocycles. The van der Waals surface area contributed by atoms with Crippen molar-refractivity contribution < 1.29 is 0 Å². The molecule has 1 N–H and O–H groups in total. The van der Waals surface area contributed by atoms with Gasteiger partial charge < -0.3 is 5.32 Å². The highest BCUT2D eigenvalue weighted by Gasteiger charge is 2.29. The largest absolute Gasteiger partial charge is 0.315 e. The number of thiophene rings is 1. The molecule has 2 aliphatic rings. The third-order valence-corrected chi connectivity index (χ3v) is 5.81. The zero-order valence-electron chi connectivity index (χ0n) is 12.8. The third-order valence-electron chi connectivity index (χ3n) is 4.72. The fourth-order valence-corrected chi connectivity index (χ4v) is 4.67. The Bertz CT molecular complexity index is 437. The maximum Gasteiger partial charge on any atom is 0.0296 e. The summed E-state index contributed by atoms with van der Waals surface area (Å²) in [6, 6.07) is 3.23. The molecule has 1 unspecified atom stereocenters. The maximum absolute atomic E-state index is 3.25. The molecule has 2 aliphatic heterocycles. The minimum Gasteiger partial charge on any atom is -0.315 e. The van der Waals surface area contributed by atoms with E-state index in [1.54, 1.807) is 5.56 Å². The van der Waals surface area contributed by atoms with Crippen molar-refractivity contribution >= 4 is 11.3 Å². The van der Waals surface area contributed by atoms with Gasteiger partial charge in [-0.25, -0.2) is 0 Å². The van der Waals surface area contributed by atoms with E-state index in [0.717, 1.165) is 19.1 Å². The van der Waals surface area contributed by atoms with E-state index >= 15 is 0 Å². The number of nitrogens with one attached hydrogen (secondary N) is 1. The second kappa shape index (κ2) is 6.56. The number of aryl methyl sites for hydroxylation is 1. The van der Waals surface area contributed by atoms with Crippen LogP contribution in [0.4, 0.5) is 0 Å². The van der Waals surface area contributed by atoms with Crippen LogP contribution in [0, 0.1) is 6.92 Å². The number of likely N-dealkylation sites (tertiary alicyclic amines) is 2. The van der Waals surface area contributed by atoms with Crippen molar-refractivity contribution in [3.63, 3.8) is 0 Å². The highest BCUT2D eigenvalue weighted by molar-refractivity contribution is 7.12. The first-order valence-corrected chi connectivity index (χ1v) is 8.77. The Morgan fingerprint density at radius 2 is 2.10 bits per heavy atom. The van der Waals surface area contributed by atoms with Crippen molar-refractivity contribution in [2.75, 3.05) is 33.2 Å². The highest BCUT2D eigenvalue weighted by Crippen LogP contribution is 2.26. The molecule has 4 heteroatoms. The zero-order valence-corrected chi connectivity index (χ0v) is 13.6. The van der Waals surface area contributed by atoms with E-state index < -0.39 is 0 Å². The van der Waals surface area contributed by atoms with Crippen LogP contribution < -0.4 is 5.32 Å². The van der Waals surface area contributed by atoms with E-state index in [1.807, 2.05) is 18.4 Å². The van der Waals surface area contributed by atoms with Crippen LogP contribution in [0.5, 0.6) is 0 Å². The van der Waals surface area contributed by atoms with Crippen molar-refractivity contribution in [3.05, 3.63) is 21.4 Å². The number of hydrogen-bond acceptors (Lipinski definition) is 4. The van der Waals surface area contributed by atoms with Crippen LogP contribution in [0.2, 0.25) is 0 Å². The van der Waals surface area contributed by atoms with Gasteiger partial charge in [0.15, 0.2) is 0 Å². The van der Waals surface area contributed by atoms with Crippen LogP contribution in [0.3, 0.4) is 0 Å². The quantitative estimate of drug-likeness (QED) is 0.899. The molecule has 3 rings (SSSR count). The fourth-order valence-electron chi connectivity index (χ4n) is 3.61. The Morgan fingerprint density at radius 1 is 1.30 bits per heavy atom. The molecule has 0 bridgehead atoms. The van der Waals surface area contributed by atoms with Crippen molar-refractivity contribution in [3.8, 4) is 0 Å². The van der Waals surface area contributed by atoms with E-state index in [9.17, 15) is 0 Å². The normalized spacial score (nSPS) is 24.8. The van der Waals surface area contributed by atoms with Crippen LogP contribution in [0.15, 0.2) is 6.07 Å². The van der Waals surface area contributed by atoms with Crippen LogP contribution in [-0.4, -0.2) is 49.1 Å². The minimum atomic E-state index is 0.827. The second-order valence-electron chi connectivity index (χ2n) is 6.25. The van der Waals surface area contributed by atoms with E-state index in [4.69, 9.17) is 0 Å². The minimum absolute atomic E-state index is 0.827. The molecular weight excluding hydrogens is 266 g/mol. The molecule has 3 nitrogen and oxygen atoms in total. The van der Waals surface area contributed by atoms with Crippen LogP contribution in [-0.2, 0) is 13.1 Å². The number of nitrogens with zero attached hydrogens (tertiary/aromatic N) is 2. The Labute approximate surface area is 127 Å². The monoisotopic (exact) mass is 293 g/mol. The van der Waals surface area contributed by atoms with Gasteiger partial charge in [0.1, 0.15) is 0 Å². The lowest BCUT2D eigenvalue weighted by Gasteiger charge is -2.23. The molecule has 0 aromatic carbocycles. The van der Waals surface area contributed by atoms with Crippen molar-refractivity contribution in [1.29, 1.82) is 0 Å². The lowest BCUT2D eigenvalue weighted by atomic mass is 10.2. The standard InChI is InChI=1S/C16H27N3S/c1-13-14(9-16(20-13)10-17-2)11-18-8-5-15(12-18)19-6-3-4-7-19/h9,15,17H,3-8,10-12H2,1-2H3. The molecular formula is C16H27N3S. The second-order valence-corrected chi connectivity index (χ2v) is 7.59. The Hall–Kier alpha value is -0.420. The van der Waals surface area contributed by atoms with Crippen molar-refractivity contribution in [2.45, 2.75) is 45.3 Å². The van der Waals surface area contributed by atoms with Crippen LogP contribution in [0.25, 0.3) is 0 Å². The van der Waals surface area contributed by atoms with Gasteiger partial charge in [-0.3, -0.25) is 9.80 Å². The fraction of sp³-hybridized carbons (Fsp3) is 0.750. The van der Waals surface area contributed by atoms with Gasteiger partial charge in [0, 0.05) is 42.0 Å². The smallest absolute Gasteiger partial charge is 0.0296 e. The summed E-state index contributed by atoms with van der Waals surface area (Å²) < 4.78 is 0. The summed E-state index contributed by atoms with van der Waals surface area (Å²) in [7, 11) is 2.02. The Kier molecular flexibility index (Phi) is 4.76. The predicted molar refractivity (Wildman–Crippen MR) is 86.3 cm³/mol. The Balaban J connectivity index is 1.56. The van der Waals surface area contributed by atoms with Gasteiger partial charge in [-0.2, -0.15) is 0 Å². The first-order valence-electron chi connectivity index (χ1n) is 7.95. The molecule has 2 saturated heterocycles. The zero-order chi connectivity index (χ0) is 13.9.